The predicted molar refractivity (Wildman–Crippen MR) is 99.4 cm³/mol. The summed E-state index contributed by atoms with van der Waals surface area (Å²) >= 11 is 0. The van der Waals surface area contributed by atoms with Gasteiger partial charge in [-0.2, -0.15) is 10.7 Å². The number of rotatable bonds is 4. The van der Waals surface area contributed by atoms with Crippen molar-refractivity contribution in [3.63, 3.8) is 0 Å². The zero-order valence-corrected chi connectivity index (χ0v) is 15.1. The Morgan fingerprint density at radius 1 is 1.11 bits per heavy atom. The van der Waals surface area contributed by atoms with Crippen LogP contribution in [0.15, 0.2) is 42.6 Å². The van der Waals surface area contributed by atoms with Crippen LogP contribution >= 0.6 is 0 Å². The van der Waals surface area contributed by atoms with Gasteiger partial charge in [0.1, 0.15) is 11.3 Å². The van der Waals surface area contributed by atoms with Crippen LogP contribution < -0.4 is 10.5 Å². The van der Waals surface area contributed by atoms with E-state index in [0.717, 1.165) is 23.3 Å². The number of imidazole rings is 1. The van der Waals surface area contributed by atoms with Gasteiger partial charge in [-0.05, 0) is 49.7 Å². The van der Waals surface area contributed by atoms with E-state index in [1.807, 2.05) is 17.6 Å². The molecule has 0 aliphatic rings. The van der Waals surface area contributed by atoms with Gasteiger partial charge in [0.05, 0.1) is 11.9 Å². The van der Waals surface area contributed by atoms with Gasteiger partial charge in [-0.3, -0.25) is 0 Å². The van der Waals surface area contributed by atoms with E-state index in [2.05, 4.69) is 15.0 Å². The lowest BCUT2D eigenvalue weighted by Gasteiger charge is -2.08. The van der Waals surface area contributed by atoms with Crippen LogP contribution in [0.1, 0.15) is 12.5 Å². The molecule has 28 heavy (non-hydrogen) atoms. The summed E-state index contributed by atoms with van der Waals surface area (Å²) in [5.74, 6) is -1.59. The molecule has 4 rings (SSSR count). The van der Waals surface area contributed by atoms with Crippen LogP contribution in [-0.2, 0) is 6.54 Å². The minimum Gasteiger partial charge on any atom is -0.418 e. The molecule has 2 heterocycles. The third-order valence-electron chi connectivity index (χ3n) is 4.35. The molecule has 0 spiro atoms. The second-order valence-corrected chi connectivity index (χ2v) is 6.20. The number of halogens is 2. The number of para-hydroxylation sites is 1. The van der Waals surface area contributed by atoms with E-state index in [9.17, 15) is 14.5 Å². The van der Waals surface area contributed by atoms with E-state index in [0.29, 0.717) is 23.5 Å². The van der Waals surface area contributed by atoms with E-state index in [4.69, 9.17) is 4.74 Å². The summed E-state index contributed by atoms with van der Waals surface area (Å²) in [5, 5.41) is 0. The van der Waals surface area contributed by atoms with Gasteiger partial charge in [0, 0.05) is 12.1 Å². The van der Waals surface area contributed by atoms with Crippen molar-refractivity contribution in [2.45, 2.75) is 20.4 Å². The fourth-order valence-electron chi connectivity index (χ4n) is 2.94. The zero-order valence-electron chi connectivity index (χ0n) is 15.1. The molecule has 2 aromatic heterocycles. The Labute approximate surface area is 159 Å². The SMILES string of the molecule is CCn1c(-c2ccc([N])c(C)c2)nc2cnc(Oc3c(F)cccc3F)nc21. The molecule has 6 nitrogen and oxygen atoms in total. The van der Waals surface area contributed by atoms with Crippen LogP contribution in [-0.4, -0.2) is 19.5 Å². The van der Waals surface area contributed by atoms with Crippen molar-refractivity contribution in [2.75, 3.05) is 0 Å². The maximum absolute atomic E-state index is 13.8. The summed E-state index contributed by atoms with van der Waals surface area (Å²) in [7, 11) is 0. The molecule has 4 aromatic rings. The van der Waals surface area contributed by atoms with Gasteiger partial charge in [-0.25, -0.2) is 18.7 Å². The maximum atomic E-state index is 13.8. The number of benzene rings is 2. The number of ether oxygens (including phenoxy) is 1. The monoisotopic (exact) mass is 379 g/mol. The lowest BCUT2D eigenvalue weighted by molar-refractivity contribution is 0.383. The van der Waals surface area contributed by atoms with Crippen molar-refractivity contribution in [1.82, 2.24) is 25.3 Å². The van der Waals surface area contributed by atoms with Crippen LogP contribution in [0.25, 0.3) is 22.6 Å². The van der Waals surface area contributed by atoms with E-state index in [1.165, 1.54) is 12.3 Å². The number of aryl methyl sites for hydroxylation is 2. The number of hydrogen-bond acceptors (Lipinski definition) is 4. The molecular formula is C20H15F2N5O. The third kappa shape index (κ3) is 3.02. The average molecular weight is 379 g/mol. The lowest BCUT2D eigenvalue weighted by Crippen LogP contribution is -2.01. The Morgan fingerprint density at radius 2 is 1.86 bits per heavy atom. The van der Waals surface area contributed by atoms with E-state index in [1.54, 1.807) is 19.1 Å². The van der Waals surface area contributed by atoms with Crippen molar-refractivity contribution >= 4 is 16.9 Å². The van der Waals surface area contributed by atoms with Gasteiger partial charge >= 0.3 is 6.01 Å². The van der Waals surface area contributed by atoms with Gasteiger partial charge in [-0.1, -0.05) is 6.07 Å². The normalized spacial score (nSPS) is 11.1. The molecule has 0 aliphatic heterocycles. The van der Waals surface area contributed by atoms with Crippen LogP contribution in [0.5, 0.6) is 11.8 Å². The molecule has 0 bridgehead atoms. The highest BCUT2D eigenvalue weighted by molar-refractivity contribution is 5.77. The molecule has 0 unspecified atom stereocenters. The predicted octanol–water partition coefficient (Wildman–Crippen LogP) is 4.59. The highest BCUT2D eigenvalue weighted by atomic mass is 19.1. The Hall–Kier alpha value is -3.55. The quantitative estimate of drug-likeness (QED) is 0.520. The van der Waals surface area contributed by atoms with Crippen molar-refractivity contribution < 1.29 is 13.5 Å². The smallest absolute Gasteiger partial charge is 0.324 e. The van der Waals surface area contributed by atoms with Gasteiger partial charge in [0.15, 0.2) is 17.3 Å². The number of aromatic nitrogens is 4. The average Bonchev–Trinajstić information content (AvgIpc) is 3.05. The molecule has 0 saturated carbocycles. The molecule has 0 amide bonds. The summed E-state index contributed by atoms with van der Waals surface area (Å²) in [6, 6.07) is 8.44. The van der Waals surface area contributed by atoms with Crippen molar-refractivity contribution in [2.24, 2.45) is 0 Å². The second-order valence-electron chi connectivity index (χ2n) is 6.20. The first-order valence-corrected chi connectivity index (χ1v) is 8.63. The molecule has 0 saturated heterocycles. The zero-order chi connectivity index (χ0) is 19.8. The summed E-state index contributed by atoms with van der Waals surface area (Å²) in [5.41, 5.74) is 12.5. The molecule has 8 heteroatoms. The molecule has 0 N–H and O–H groups in total. The van der Waals surface area contributed by atoms with E-state index in [-0.39, 0.29) is 11.7 Å². The van der Waals surface area contributed by atoms with Crippen LogP contribution in [0.2, 0.25) is 0 Å². The topological polar surface area (TPSA) is 75.1 Å². The first-order valence-electron chi connectivity index (χ1n) is 8.63. The lowest BCUT2D eigenvalue weighted by atomic mass is 10.1. The summed E-state index contributed by atoms with van der Waals surface area (Å²) in [6.07, 6.45) is 1.44. The first kappa shape index (κ1) is 17.8. The summed E-state index contributed by atoms with van der Waals surface area (Å²) < 4.78 is 34.8. The van der Waals surface area contributed by atoms with Crippen LogP contribution in [0.4, 0.5) is 14.5 Å². The largest absolute Gasteiger partial charge is 0.418 e. The molecule has 2 aromatic carbocycles. The Kier molecular flexibility index (Phi) is 4.38. The second kappa shape index (κ2) is 6.88. The Morgan fingerprint density at radius 3 is 2.54 bits per heavy atom. The van der Waals surface area contributed by atoms with Gasteiger partial charge in [0.2, 0.25) is 5.75 Å². The number of hydrogen-bond donors (Lipinski definition) is 0. The van der Waals surface area contributed by atoms with Gasteiger partial charge < -0.3 is 9.30 Å². The van der Waals surface area contributed by atoms with Crippen LogP contribution in [0, 0.1) is 18.6 Å². The standard InChI is InChI=1S/C20H15F2N5O/c1-3-27-18(12-7-8-15(23)11(2)9-12)25-16-10-24-20(26-19(16)27)28-17-13(21)5-4-6-14(17)22/h4-10H,3H2,1-2H3. The van der Waals surface area contributed by atoms with Crippen molar-refractivity contribution in [3.05, 3.63) is 59.8 Å². The maximum Gasteiger partial charge on any atom is 0.324 e. The molecule has 2 radical (unpaired) electrons. The molecule has 0 fully saturated rings. The van der Waals surface area contributed by atoms with Crippen molar-refractivity contribution in [1.29, 1.82) is 0 Å². The van der Waals surface area contributed by atoms with E-state index >= 15 is 0 Å². The first-order chi connectivity index (χ1) is 13.5. The minimum atomic E-state index is -0.840. The Balaban J connectivity index is 1.80. The van der Waals surface area contributed by atoms with Crippen LogP contribution in [0.3, 0.4) is 0 Å². The highest BCUT2D eigenvalue weighted by Gasteiger charge is 2.17. The van der Waals surface area contributed by atoms with Gasteiger partial charge in [-0.15, -0.1) is 0 Å². The molecular weight excluding hydrogens is 364 g/mol. The number of nitrogens with zero attached hydrogens (tertiary/aromatic N) is 5. The number of fused-ring (bicyclic) bond motifs is 1. The minimum absolute atomic E-state index is 0.181. The summed E-state index contributed by atoms with van der Waals surface area (Å²) in [4.78, 5) is 12.9. The summed E-state index contributed by atoms with van der Waals surface area (Å²) in [6.45, 7) is 4.28. The molecule has 0 aliphatic carbocycles. The Bertz CT molecular complexity index is 1170. The molecule has 0 atom stereocenters. The fraction of sp³-hybridized carbons (Fsp3) is 0.150. The van der Waals surface area contributed by atoms with Gasteiger partial charge in [0.25, 0.3) is 0 Å². The van der Waals surface area contributed by atoms with E-state index < -0.39 is 17.4 Å². The fourth-order valence-corrected chi connectivity index (χ4v) is 2.94. The van der Waals surface area contributed by atoms with Crippen molar-refractivity contribution in [3.8, 4) is 23.1 Å². The molecule has 140 valence electrons. The highest BCUT2D eigenvalue weighted by Crippen LogP contribution is 2.29. The third-order valence-corrected chi connectivity index (χ3v) is 4.35.